The van der Waals surface area contributed by atoms with E-state index in [1.165, 1.54) is 5.57 Å². The molecule has 1 aliphatic rings. The second-order valence-electron chi connectivity index (χ2n) is 6.26. The third-order valence-corrected chi connectivity index (χ3v) is 3.61. The molecule has 0 unspecified atom stereocenters. The number of hydrogen-bond donors (Lipinski definition) is 2. The van der Waals surface area contributed by atoms with Crippen LogP contribution in [0.4, 0.5) is 0 Å². The molecule has 0 amide bonds. The van der Waals surface area contributed by atoms with Gasteiger partial charge in [-0.3, -0.25) is 0 Å². The lowest BCUT2D eigenvalue weighted by Gasteiger charge is -2.28. The highest BCUT2D eigenvalue weighted by Crippen LogP contribution is 2.28. The molecule has 0 heterocycles. The predicted molar refractivity (Wildman–Crippen MR) is 71.8 cm³/mol. The van der Waals surface area contributed by atoms with Crippen molar-refractivity contribution in [1.29, 1.82) is 0 Å². The van der Waals surface area contributed by atoms with Crippen molar-refractivity contribution >= 4 is 0 Å². The van der Waals surface area contributed by atoms with Crippen LogP contribution in [0.15, 0.2) is 23.8 Å². The molecule has 0 aromatic heterocycles. The van der Waals surface area contributed by atoms with E-state index >= 15 is 0 Å². The number of rotatable bonds is 0. The van der Waals surface area contributed by atoms with Crippen molar-refractivity contribution in [2.24, 2.45) is 5.41 Å². The van der Waals surface area contributed by atoms with Crippen LogP contribution in [0.5, 0.6) is 0 Å². The Kier molecular flexibility index (Phi) is 4.56. The molecule has 2 N–H and O–H groups in total. The van der Waals surface area contributed by atoms with Gasteiger partial charge in [0.15, 0.2) is 0 Å². The highest BCUT2D eigenvalue weighted by molar-refractivity contribution is 5.07. The van der Waals surface area contributed by atoms with E-state index in [1.54, 1.807) is 6.92 Å². The Hall–Kier alpha value is -0.600. The molecule has 17 heavy (non-hydrogen) atoms. The molecule has 2 heteroatoms. The van der Waals surface area contributed by atoms with Gasteiger partial charge in [-0.2, -0.15) is 0 Å². The molecule has 0 spiro atoms. The van der Waals surface area contributed by atoms with E-state index in [4.69, 9.17) is 0 Å². The van der Waals surface area contributed by atoms with Crippen LogP contribution < -0.4 is 0 Å². The fourth-order valence-corrected chi connectivity index (χ4v) is 2.04. The minimum atomic E-state index is -1.02. The molecule has 1 rings (SSSR count). The van der Waals surface area contributed by atoms with Crippen LogP contribution in [0.25, 0.3) is 0 Å². The van der Waals surface area contributed by atoms with Crippen molar-refractivity contribution in [3.05, 3.63) is 23.8 Å². The van der Waals surface area contributed by atoms with Gasteiger partial charge >= 0.3 is 0 Å². The van der Waals surface area contributed by atoms with Gasteiger partial charge in [0.2, 0.25) is 0 Å². The molecule has 1 aliphatic carbocycles. The van der Waals surface area contributed by atoms with Crippen LogP contribution >= 0.6 is 0 Å². The Labute approximate surface area is 105 Å². The summed E-state index contributed by atoms with van der Waals surface area (Å²) >= 11 is 0. The van der Waals surface area contributed by atoms with Gasteiger partial charge in [0.05, 0.1) is 11.7 Å². The maximum absolute atomic E-state index is 10.2. The zero-order chi connectivity index (χ0) is 13.1. The largest absolute Gasteiger partial charge is 0.390 e. The Bertz CT molecular complexity index is 311. The van der Waals surface area contributed by atoms with E-state index in [-0.39, 0.29) is 5.41 Å². The summed E-state index contributed by atoms with van der Waals surface area (Å²) in [5.74, 6) is 0. The summed E-state index contributed by atoms with van der Waals surface area (Å²) in [5.41, 5.74) is 0.396. The first-order valence-corrected chi connectivity index (χ1v) is 6.47. The summed E-state index contributed by atoms with van der Waals surface area (Å²) in [6, 6.07) is 0. The number of aliphatic hydroxyl groups excluding tert-OH is 1. The molecule has 98 valence electrons. The Morgan fingerprint density at radius 2 is 1.88 bits per heavy atom. The van der Waals surface area contributed by atoms with Crippen LogP contribution in [0.3, 0.4) is 0 Å². The van der Waals surface area contributed by atoms with Gasteiger partial charge in [0.1, 0.15) is 0 Å². The minimum absolute atomic E-state index is 0.118. The van der Waals surface area contributed by atoms with Gasteiger partial charge in [-0.1, -0.05) is 37.6 Å². The monoisotopic (exact) mass is 238 g/mol. The van der Waals surface area contributed by atoms with Gasteiger partial charge in [-0.05, 0) is 44.9 Å². The maximum atomic E-state index is 10.2. The third kappa shape index (κ3) is 4.64. The van der Waals surface area contributed by atoms with Crippen LogP contribution in [-0.4, -0.2) is 21.9 Å². The number of aliphatic hydroxyl groups is 2. The quantitative estimate of drug-likeness (QED) is 0.636. The van der Waals surface area contributed by atoms with Crippen molar-refractivity contribution in [3.63, 3.8) is 0 Å². The Morgan fingerprint density at radius 3 is 2.53 bits per heavy atom. The maximum Gasteiger partial charge on any atom is 0.0911 e. The molecule has 2 nitrogen and oxygen atoms in total. The van der Waals surface area contributed by atoms with Crippen LogP contribution in [0, 0.1) is 5.41 Å². The molecule has 0 aromatic rings. The van der Waals surface area contributed by atoms with Crippen molar-refractivity contribution in [1.82, 2.24) is 0 Å². The van der Waals surface area contributed by atoms with Crippen LogP contribution in [0.2, 0.25) is 0 Å². The Balaban J connectivity index is 2.89. The van der Waals surface area contributed by atoms with Crippen molar-refractivity contribution in [2.75, 3.05) is 0 Å². The topological polar surface area (TPSA) is 40.5 Å². The SMILES string of the molecule is C/C1=C\CC(C)(C)/C=C\C[C@](C)(O)[C@@H](O)CC1. The second kappa shape index (κ2) is 5.36. The average Bonchev–Trinajstić information content (AvgIpc) is 2.22. The molecule has 0 fully saturated rings. The fraction of sp³-hybridized carbons (Fsp3) is 0.733. The highest BCUT2D eigenvalue weighted by Gasteiger charge is 2.29. The lowest BCUT2D eigenvalue weighted by molar-refractivity contribution is -0.0622. The van der Waals surface area contributed by atoms with Crippen LogP contribution in [-0.2, 0) is 0 Å². The third-order valence-electron chi connectivity index (χ3n) is 3.61. The van der Waals surface area contributed by atoms with Gasteiger partial charge < -0.3 is 10.2 Å². The predicted octanol–water partition coefficient (Wildman–Crippen LogP) is 3.20. The first-order valence-electron chi connectivity index (χ1n) is 6.47. The second-order valence-corrected chi connectivity index (χ2v) is 6.26. The summed E-state index contributed by atoms with van der Waals surface area (Å²) in [4.78, 5) is 0. The summed E-state index contributed by atoms with van der Waals surface area (Å²) < 4.78 is 0. The van der Waals surface area contributed by atoms with E-state index in [1.807, 2.05) is 6.08 Å². The van der Waals surface area contributed by atoms with E-state index in [0.29, 0.717) is 12.8 Å². The van der Waals surface area contributed by atoms with Gasteiger partial charge in [-0.25, -0.2) is 0 Å². The number of hydrogen-bond acceptors (Lipinski definition) is 2. The normalized spacial score (nSPS) is 39.9. The first kappa shape index (κ1) is 14.5. The zero-order valence-electron chi connectivity index (χ0n) is 11.5. The lowest BCUT2D eigenvalue weighted by atomic mass is 9.87. The molecule has 0 radical (unpaired) electrons. The smallest absolute Gasteiger partial charge is 0.0911 e. The Morgan fingerprint density at radius 1 is 1.24 bits per heavy atom. The van der Waals surface area contributed by atoms with Crippen LogP contribution in [0.1, 0.15) is 53.4 Å². The zero-order valence-corrected chi connectivity index (χ0v) is 11.5. The average molecular weight is 238 g/mol. The van der Waals surface area contributed by atoms with Crippen molar-refractivity contribution in [2.45, 2.75) is 65.1 Å². The molecule has 2 atom stereocenters. The van der Waals surface area contributed by atoms with E-state index < -0.39 is 11.7 Å². The fourth-order valence-electron chi connectivity index (χ4n) is 2.04. The molecule has 0 aliphatic heterocycles. The van der Waals surface area contributed by atoms with Crippen molar-refractivity contribution < 1.29 is 10.2 Å². The van der Waals surface area contributed by atoms with E-state index in [9.17, 15) is 10.2 Å². The van der Waals surface area contributed by atoms with Gasteiger partial charge in [0.25, 0.3) is 0 Å². The van der Waals surface area contributed by atoms with Gasteiger partial charge in [0, 0.05) is 0 Å². The lowest BCUT2D eigenvalue weighted by Crippen LogP contribution is -2.38. The molecule has 0 saturated carbocycles. The molecular weight excluding hydrogens is 212 g/mol. The molecular formula is C15H26O2. The standard InChI is InChI=1S/C15H26O2/c1-12-6-7-13(16)15(4,17)10-5-9-14(2,3)11-8-12/h5,8-9,13,16-17H,6-7,10-11H2,1-4H3/b9-5-,12-8+/t13-,15-/m0/s1. The van der Waals surface area contributed by atoms with E-state index in [0.717, 1.165) is 12.8 Å². The molecule has 0 aromatic carbocycles. The summed E-state index contributed by atoms with van der Waals surface area (Å²) in [6.45, 7) is 8.19. The van der Waals surface area contributed by atoms with Crippen molar-refractivity contribution in [3.8, 4) is 0 Å². The summed E-state index contributed by atoms with van der Waals surface area (Å²) in [6.07, 6.45) is 8.73. The van der Waals surface area contributed by atoms with E-state index in [2.05, 4.69) is 32.9 Å². The molecule has 0 bridgehead atoms. The summed E-state index contributed by atoms with van der Waals surface area (Å²) in [7, 11) is 0. The molecule has 0 saturated heterocycles. The summed E-state index contributed by atoms with van der Waals surface area (Å²) in [5, 5.41) is 20.2. The first-order chi connectivity index (χ1) is 7.73. The highest BCUT2D eigenvalue weighted by atomic mass is 16.3. The minimum Gasteiger partial charge on any atom is -0.390 e. The van der Waals surface area contributed by atoms with Gasteiger partial charge in [-0.15, -0.1) is 0 Å². The number of allylic oxidation sites excluding steroid dienone is 3.